The molecule has 0 aromatic heterocycles. The van der Waals surface area contributed by atoms with Crippen molar-refractivity contribution < 1.29 is 13.5 Å². The van der Waals surface area contributed by atoms with E-state index in [0.29, 0.717) is 23.5 Å². The molecule has 0 aliphatic heterocycles. The summed E-state index contributed by atoms with van der Waals surface area (Å²) in [6.45, 7) is 9.26. The molecule has 1 unspecified atom stereocenters. The molecule has 0 amide bonds. The van der Waals surface area contributed by atoms with Crippen molar-refractivity contribution in [3.8, 4) is 0 Å². The van der Waals surface area contributed by atoms with Crippen molar-refractivity contribution in [1.29, 1.82) is 0 Å². The minimum Gasteiger partial charge on any atom is -0.375 e. The Morgan fingerprint density at radius 3 is 2.38 bits per heavy atom. The van der Waals surface area contributed by atoms with Gasteiger partial charge in [0.05, 0.1) is 12.2 Å². The number of hydrogen-bond donors (Lipinski definition) is 0. The van der Waals surface area contributed by atoms with Crippen molar-refractivity contribution in [1.82, 2.24) is 0 Å². The smallest absolute Gasteiger partial charge is 0.248 e. The highest BCUT2D eigenvalue weighted by Crippen LogP contribution is 2.67. The predicted octanol–water partition coefficient (Wildman–Crippen LogP) is 6.85. The summed E-state index contributed by atoms with van der Waals surface area (Å²) >= 11 is 0. The van der Waals surface area contributed by atoms with Gasteiger partial charge < -0.3 is 4.74 Å². The highest BCUT2D eigenvalue weighted by atomic mass is 19.3. The second-order valence-corrected chi connectivity index (χ2v) is 10.7. The molecule has 3 heteroatoms. The fourth-order valence-electron chi connectivity index (χ4n) is 7.73. The fraction of sp³-hybridized carbons (Fsp3) is 1.00. The van der Waals surface area contributed by atoms with Gasteiger partial charge in [-0.15, -0.1) is 0 Å². The molecule has 26 heavy (non-hydrogen) atoms. The average Bonchev–Trinajstić information content (AvgIpc) is 2.92. The van der Waals surface area contributed by atoms with Crippen LogP contribution in [0.4, 0.5) is 8.78 Å². The zero-order valence-corrected chi connectivity index (χ0v) is 17.2. The lowest BCUT2D eigenvalue weighted by molar-refractivity contribution is -0.172. The first-order valence-corrected chi connectivity index (χ1v) is 11.2. The second kappa shape index (κ2) is 6.42. The van der Waals surface area contributed by atoms with Crippen molar-refractivity contribution in [2.45, 2.75) is 110 Å². The zero-order valence-electron chi connectivity index (χ0n) is 17.2. The van der Waals surface area contributed by atoms with Gasteiger partial charge in [-0.05, 0) is 92.8 Å². The minimum absolute atomic E-state index is 0.116. The van der Waals surface area contributed by atoms with Crippen molar-refractivity contribution in [3.63, 3.8) is 0 Å². The maximum absolute atomic E-state index is 14.0. The Bertz CT molecular complexity index is 534. The van der Waals surface area contributed by atoms with Crippen LogP contribution in [0.1, 0.15) is 91.9 Å². The van der Waals surface area contributed by atoms with Gasteiger partial charge in [0.1, 0.15) is 0 Å². The minimum atomic E-state index is -2.41. The highest BCUT2D eigenvalue weighted by Gasteiger charge is 2.62. The van der Waals surface area contributed by atoms with Crippen LogP contribution in [0, 0.1) is 34.5 Å². The molecule has 4 aliphatic carbocycles. The summed E-state index contributed by atoms with van der Waals surface area (Å²) in [5, 5.41) is 0. The topological polar surface area (TPSA) is 9.23 Å². The number of alkyl halides is 2. The normalized spacial score (nSPS) is 51.2. The molecule has 0 bridgehead atoms. The first kappa shape index (κ1) is 19.2. The Hall–Kier alpha value is -0.180. The van der Waals surface area contributed by atoms with Gasteiger partial charge >= 0.3 is 0 Å². The lowest BCUT2D eigenvalue weighted by atomic mass is 9.45. The van der Waals surface area contributed by atoms with Crippen LogP contribution in [-0.2, 0) is 4.74 Å². The van der Waals surface area contributed by atoms with E-state index in [4.69, 9.17) is 4.74 Å². The molecule has 1 nitrogen and oxygen atoms in total. The number of rotatable bonds is 3. The van der Waals surface area contributed by atoms with E-state index in [9.17, 15) is 8.78 Å². The third-order valence-electron chi connectivity index (χ3n) is 9.52. The van der Waals surface area contributed by atoms with E-state index in [1.807, 2.05) is 0 Å². The van der Waals surface area contributed by atoms with Gasteiger partial charge in [-0.25, -0.2) is 8.78 Å². The average molecular weight is 369 g/mol. The summed E-state index contributed by atoms with van der Waals surface area (Å²) in [5.41, 5.74) is 0.466. The predicted molar refractivity (Wildman–Crippen MR) is 101 cm³/mol. The molecule has 4 aliphatic rings. The third-order valence-corrected chi connectivity index (χ3v) is 9.52. The van der Waals surface area contributed by atoms with Crippen molar-refractivity contribution in [2.75, 3.05) is 0 Å². The first-order chi connectivity index (χ1) is 12.2. The lowest BCUT2D eigenvalue weighted by Gasteiger charge is -2.61. The van der Waals surface area contributed by atoms with E-state index in [0.717, 1.165) is 31.1 Å². The van der Waals surface area contributed by atoms with Gasteiger partial charge in [-0.1, -0.05) is 20.8 Å². The molecule has 0 spiro atoms. The van der Waals surface area contributed by atoms with Gasteiger partial charge in [0.2, 0.25) is 5.92 Å². The van der Waals surface area contributed by atoms with Crippen molar-refractivity contribution in [2.24, 2.45) is 34.5 Å². The second-order valence-electron chi connectivity index (χ2n) is 10.7. The molecule has 8 atom stereocenters. The molecule has 0 heterocycles. The number of fused-ring (bicyclic) bond motifs is 5. The lowest BCUT2D eigenvalue weighted by Crippen LogP contribution is -2.55. The Balaban J connectivity index is 1.54. The molecule has 0 saturated heterocycles. The van der Waals surface area contributed by atoms with Crippen LogP contribution < -0.4 is 0 Å². The molecule has 0 radical (unpaired) electrons. The zero-order chi connectivity index (χ0) is 18.7. The molecule has 4 saturated carbocycles. The van der Waals surface area contributed by atoms with E-state index in [1.54, 1.807) is 0 Å². The standard InChI is InChI=1S/C23H38F2O/c1-5-15(2)26-20-9-8-18-17-7-6-16-14-23(24,25)13-12-21(16,3)19(17)10-11-22(18,20)4/h15-20H,5-14H2,1-4H3/t15?,16-,17-,18-,19-,20-,21-,22-/m0/s1. The highest BCUT2D eigenvalue weighted by molar-refractivity contribution is 5.10. The van der Waals surface area contributed by atoms with Crippen LogP contribution in [0.5, 0.6) is 0 Å². The van der Waals surface area contributed by atoms with Crippen LogP contribution >= 0.6 is 0 Å². The maximum atomic E-state index is 14.0. The van der Waals surface area contributed by atoms with Crippen LogP contribution in [0.2, 0.25) is 0 Å². The van der Waals surface area contributed by atoms with E-state index in [2.05, 4.69) is 27.7 Å². The summed E-state index contributed by atoms with van der Waals surface area (Å²) in [5.74, 6) is -0.0195. The monoisotopic (exact) mass is 368 g/mol. The van der Waals surface area contributed by atoms with Gasteiger partial charge in [0.25, 0.3) is 0 Å². The largest absolute Gasteiger partial charge is 0.375 e. The van der Waals surface area contributed by atoms with Crippen molar-refractivity contribution >= 4 is 0 Å². The number of halogens is 2. The first-order valence-electron chi connectivity index (χ1n) is 11.2. The van der Waals surface area contributed by atoms with Gasteiger partial charge in [0.15, 0.2) is 0 Å². The van der Waals surface area contributed by atoms with E-state index in [1.165, 1.54) is 32.1 Å². The molecule has 4 fully saturated rings. The van der Waals surface area contributed by atoms with E-state index >= 15 is 0 Å². The SMILES string of the molecule is CCC(C)O[C@H]1CC[C@H]2[C@@H]3CC[C@H]4CC(F)(F)CC[C@]4(C)[C@H]3CC[C@]12C. The van der Waals surface area contributed by atoms with E-state index < -0.39 is 5.92 Å². The Morgan fingerprint density at radius 1 is 0.923 bits per heavy atom. The van der Waals surface area contributed by atoms with Crippen LogP contribution in [-0.4, -0.2) is 18.1 Å². The third kappa shape index (κ3) is 2.86. The summed E-state index contributed by atoms with van der Waals surface area (Å²) in [7, 11) is 0. The maximum Gasteiger partial charge on any atom is 0.248 e. The Kier molecular flexibility index (Phi) is 4.73. The van der Waals surface area contributed by atoms with Crippen LogP contribution in [0.15, 0.2) is 0 Å². The van der Waals surface area contributed by atoms with Gasteiger partial charge in [-0.3, -0.25) is 0 Å². The quantitative estimate of drug-likeness (QED) is 0.529. The summed E-state index contributed by atoms with van der Waals surface area (Å²) in [4.78, 5) is 0. The molecule has 0 N–H and O–H groups in total. The molecule has 0 aromatic rings. The van der Waals surface area contributed by atoms with Crippen molar-refractivity contribution in [3.05, 3.63) is 0 Å². The summed E-state index contributed by atoms with van der Waals surface area (Å²) in [6, 6.07) is 0. The molecule has 0 aromatic carbocycles. The van der Waals surface area contributed by atoms with Crippen LogP contribution in [0.3, 0.4) is 0 Å². The fourth-order valence-corrected chi connectivity index (χ4v) is 7.73. The van der Waals surface area contributed by atoms with E-state index in [-0.39, 0.29) is 24.2 Å². The molecule has 4 rings (SSSR count). The molecule has 150 valence electrons. The molecular weight excluding hydrogens is 330 g/mol. The Morgan fingerprint density at radius 2 is 1.65 bits per heavy atom. The number of hydrogen-bond acceptors (Lipinski definition) is 1. The summed E-state index contributed by atoms with van der Waals surface area (Å²) < 4.78 is 34.5. The van der Waals surface area contributed by atoms with Crippen LogP contribution in [0.25, 0.3) is 0 Å². The molecular formula is C23H38F2O. The Labute approximate surface area is 158 Å². The van der Waals surface area contributed by atoms with Gasteiger partial charge in [-0.2, -0.15) is 0 Å². The number of ether oxygens (including phenoxy) is 1. The summed E-state index contributed by atoms with van der Waals surface area (Å²) in [6.07, 6.45) is 10.00. The van der Waals surface area contributed by atoms with Gasteiger partial charge in [0, 0.05) is 12.8 Å².